The van der Waals surface area contributed by atoms with Gasteiger partial charge in [-0.15, -0.1) is 11.3 Å². The topological polar surface area (TPSA) is 46.9 Å². The van der Waals surface area contributed by atoms with E-state index >= 15 is 0 Å². The SMILES string of the molecule is Cn1cc(-c2cccs2)nc1CCNC(=O)Cc1ccccc1Cl. The van der Waals surface area contributed by atoms with Gasteiger partial charge in [-0.25, -0.2) is 4.98 Å². The van der Waals surface area contributed by atoms with Crippen LogP contribution in [0.2, 0.25) is 5.02 Å². The molecule has 0 radical (unpaired) electrons. The number of carbonyl (C=O) groups excluding carboxylic acids is 1. The van der Waals surface area contributed by atoms with Crippen molar-refractivity contribution in [1.82, 2.24) is 14.9 Å². The van der Waals surface area contributed by atoms with Crippen molar-refractivity contribution in [2.24, 2.45) is 7.05 Å². The number of rotatable bonds is 6. The quantitative estimate of drug-likeness (QED) is 0.729. The lowest BCUT2D eigenvalue weighted by molar-refractivity contribution is -0.120. The molecule has 0 spiro atoms. The van der Waals surface area contributed by atoms with Gasteiger partial charge >= 0.3 is 0 Å². The molecular formula is C18H18ClN3OS. The van der Waals surface area contributed by atoms with Crippen LogP contribution in [0.3, 0.4) is 0 Å². The van der Waals surface area contributed by atoms with Gasteiger partial charge in [0.05, 0.1) is 17.0 Å². The van der Waals surface area contributed by atoms with Crippen LogP contribution in [-0.4, -0.2) is 22.0 Å². The molecule has 0 saturated heterocycles. The van der Waals surface area contributed by atoms with Gasteiger partial charge in [-0.1, -0.05) is 35.9 Å². The third-order valence-electron chi connectivity index (χ3n) is 3.73. The predicted molar refractivity (Wildman–Crippen MR) is 98.4 cm³/mol. The van der Waals surface area contributed by atoms with Gasteiger partial charge in [-0.3, -0.25) is 4.79 Å². The maximum absolute atomic E-state index is 12.0. The molecule has 3 aromatic rings. The van der Waals surface area contributed by atoms with Gasteiger partial charge in [-0.05, 0) is 23.1 Å². The monoisotopic (exact) mass is 359 g/mol. The van der Waals surface area contributed by atoms with Crippen molar-refractivity contribution in [3.05, 3.63) is 64.4 Å². The summed E-state index contributed by atoms with van der Waals surface area (Å²) in [6, 6.07) is 11.5. The van der Waals surface area contributed by atoms with Crippen LogP contribution in [0.15, 0.2) is 48.0 Å². The first kappa shape index (κ1) is 16.7. The maximum Gasteiger partial charge on any atom is 0.224 e. The Morgan fingerprint density at radius 1 is 1.29 bits per heavy atom. The predicted octanol–water partition coefficient (Wildman–Crippen LogP) is 3.70. The number of benzene rings is 1. The molecule has 2 aromatic heterocycles. The van der Waals surface area contributed by atoms with Crippen LogP contribution in [0.4, 0.5) is 0 Å². The molecule has 0 aliphatic heterocycles. The highest BCUT2D eigenvalue weighted by atomic mass is 35.5. The van der Waals surface area contributed by atoms with Gasteiger partial charge in [0, 0.05) is 31.2 Å². The molecule has 2 heterocycles. The minimum atomic E-state index is -0.0317. The van der Waals surface area contributed by atoms with Gasteiger partial charge in [0.15, 0.2) is 0 Å². The number of hydrogen-bond donors (Lipinski definition) is 1. The highest BCUT2D eigenvalue weighted by Crippen LogP contribution is 2.23. The van der Waals surface area contributed by atoms with Crippen molar-refractivity contribution in [3.8, 4) is 10.6 Å². The summed E-state index contributed by atoms with van der Waals surface area (Å²) >= 11 is 7.75. The van der Waals surface area contributed by atoms with Crippen LogP contribution in [-0.2, 0) is 24.7 Å². The van der Waals surface area contributed by atoms with Crippen LogP contribution < -0.4 is 5.32 Å². The summed E-state index contributed by atoms with van der Waals surface area (Å²) in [7, 11) is 1.98. The molecule has 1 N–H and O–H groups in total. The molecule has 0 atom stereocenters. The average Bonchev–Trinajstić information content (AvgIpc) is 3.20. The Hall–Kier alpha value is -2.11. The van der Waals surface area contributed by atoms with E-state index in [-0.39, 0.29) is 5.91 Å². The highest BCUT2D eigenvalue weighted by Gasteiger charge is 2.10. The van der Waals surface area contributed by atoms with Gasteiger partial charge in [0.2, 0.25) is 5.91 Å². The number of nitrogens with zero attached hydrogens (tertiary/aromatic N) is 2. The summed E-state index contributed by atoms with van der Waals surface area (Å²) in [5.41, 5.74) is 1.82. The lowest BCUT2D eigenvalue weighted by Crippen LogP contribution is -2.27. The summed E-state index contributed by atoms with van der Waals surface area (Å²) in [6.07, 6.45) is 3.00. The van der Waals surface area contributed by atoms with Crippen molar-refractivity contribution in [3.63, 3.8) is 0 Å². The normalized spacial score (nSPS) is 10.8. The number of thiophene rings is 1. The first-order chi connectivity index (χ1) is 11.6. The van der Waals surface area contributed by atoms with E-state index in [0.29, 0.717) is 24.4 Å². The zero-order valence-electron chi connectivity index (χ0n) is 13.3. The number of aryl methyl sites for hydroxylation is 1. The zero-order chi connectivity index (χ0) is 16.9. The molecular weight excluding hydrogens is 342 g/mol. The average molecular weight is 360 g/mol. The maximum atomic E-state index is 12.0. The minimum absolute atomic E-state index is 0.0317. The van der Waals surface area contributed by atoms with E-state index in [9.17, 15) is 4.79 Å². The van der Waals surface area contributed by atoms with Crippen LogP contribution >= 0.6 is 22.9 Å². The Morgan fingerprint density at radius 2 is 2.12 bits per heavy atom. The van der Waals surface area contributed by atoms with E-state index in [1.165, 1.54) is 0 Å². The number of hydrogen-bond acceptors (Lipinski definition) is 3. The zero-order valence-corrected chi connectivity index (χ0v) is 14.9. The highest BCUT2D eigenvalue weighted by molar-refractivity contribution is 7.13. The molecule has 0 aliphatic rings. The number of carbonyl (C=O) groups is 1. The van der Waals surface area contributed by atoms with Crippen LogP contribution in [0.25, 0.3) is 10.6 Å². The second-order valence-corrected chi connectivity index (χ2v) is 6.85. The third kappa shape index (κ3) is 4.04. The molecule has 0 saturated carbocycles. The summed E-state index contributed by atoms with van der Waals surface area (Å²) in [5.74, 6) is 0.923. The van der Waals surface area contributed by atoms with Crippen molar-refractivity contribution in [2.75, 3.05) is 6.54 Å². The number of halogens is 1. The Kier molecular flexibility index (Phi) is 5.33. The molecule has 4 nitrogen and oxygen atoms in total. The van der Waals surface area contributed by atoms with E-state index in [1.54, 1.807) is 17.4 Å². The molecule has 3 rings (SSSR count). The van der Waals surface area contributed by atoms with E-state index in [0.717, 1.165) is 22.0 Å². The van der Waals surface area contributed by atoms with Gasteiger partial charge in [0.25, 0.3) is 0 Å². The molecule has 1 aromatic carbocycles. The van der Waals surface area contributed by atoms with Gasteiger partial charge in [-0.2, -0.15) is 0 Å². The third-order valence-corrected chi connectivity index (χ3v) is 4.99. The lowest BCUT2D eigenvalue weighted by atomic mass is 10.1. The molecule has 6 heteroatoms. The first-order valence-corrected chi connectivity index (χ1v) is 8.95. The Labute approximate surface area is 150 Å². The molecule has 0 bridgehead atoms. The summed E-state index contributed by atoms with van der Waals surface area (Å²) in [6.45, 7) is 0.554. The molecule has 1 amide bonds. The molecule has 0 aliphatic carbocycles. The van der Waals surface area contributed by atoms with Crippen molar-refractivity contribution in [1.29, 1.82) is 0 Å². The molecule has 24 heavy (non-hydrogen) atoms. The first-order valence-electron chi connectivity index (χ1n) is 7.69. The largest absolute Gasteiger partial charge is 0.355 e. The number of aromatic nitrogens is 2. The lowest BCUT2D eigenvalue weighted by Gasteiger charge is -2.06. The van der Waals surface area contributed by atoms with E-state index in [4.69, 9.17) is 11.6 Å². The van der Waals surface area contributed by atoms with Crippen LogP contribution in [0.1, 0.15) is 11.4 Å². The smallest absolute Gasteiger partial charge is 0.224 e. The molecule has 0 unspecified atom stereocenters. The number of nitrogens with one attached hydrogen (secondary N) is 1. The van der Waals surface area contributed by atoms with E-state index in [1.807, 2.05) is 47.5 Å². The number of imidazole rings is 1. The summed E-state index contributed by atoms with van der Waals surface area (Å²) < 4.78 is 2.01. The fraction of sp³-hybridized carbons (Fsp3) is 0.222. The minimum Gasteiger partial charge on any atom is -0.355 e. The second kappa shape index (κ2) is 7.64. The van der Waals surface area contributed by atoms with E-state index in [2.05, 4.69) is 16.4 Å². The van der Waals surface area contributed by atoms with Crippen molar-refractivity contribution < 1.29 is 4.79 Å². The second-order valence-electron chi connectivity index (χ2n) is 5.50. The van der Waals surface area contributed by atoms with Crippen molar-refractivity contribution in [2.45, 2.75) is 12.8 Å². The van der Waals surface area contributed by atoms with Crippen LogP contribution in [0.5, 0.6) is 0 Å². The Bertz CT molecular complexity index is 827. The number of amides is 1. The summed E-state index contributed by atoms with van der Waals surface area (Å²) in [5, 5.41) is 5.59. The van der Waals surface area contributed by atoms with Gasteiger partial charge < -0.3 is 9.88 Å². The van der Waals surface area contributed by atoms with E-state index < -0.39 is 0 Å². The fourth-order valence-corrected chi connectivity index (χ4v) is 3.35. The molecule has 124 valence electrons. The van der Waals surface area contributed by atoms with Gasteiger partial charge in [0.1, 0.15) is 5.82 Å². The Morgan fingerprint density at radius 3 is 2.88 bits per heavy atom. The standard InChI is InChI=1S/C18H18ClN3OS/c1-22-12-15(16-7-4-10-24-16)21-17(22)8-9-20-18(23)11-13-5-2-3-6-14(13)19/h2-7,10,12H,8-9,11H2,1H3,(H,20,23). The van der Waals surface area contributed by atoms with Crippen molar-refractivity contribution >= 4 is 28.8 Å². The summed E-state index contributed by atoms with van der Waals surface area (Å²) in [4.78, 5) is 17.8. The Balaban J connectivity index is 1.53. The van der Waals surface area contributed by atoms with Crippen LogP contribution in [0, 0.1) is 0 Å². The molecule has 0 fully saturated rings. The fourth-order valence-electron chi connectivity index (χ4n) is 2.47.